The van der Waals surface area contributed by atoms with Crippen molar-refractivity contribution in [1.29, 1.82) is 0 Å². The molecule has 1 aromatic rings. The largest absolute Gasteiger partial charge is 0.493 e. The van der Waals surface area contributed by atoms with Crippen LogP contribution in [-0.4, -0.2) is 25.2 Å². The molecule has 0 bridgehead atoms. The minimum absolute atomic E-state index is 0.118. The third-order valence-corrected chi connectivity index (χ3v) is 5.08. The highest BCUT2D eigenvalue weighted by Gasteiger charge is 2.44. The van der Waals surface area contributed by atoms with Crippen LogP contribution in [0.5, 0.6) is 5.75 Å². The van der Waals surface area contributed by atoms with E-state index in [0.29, 0.717) is 11.8 Å². The van der Waals surface area contributed by atoms with Crippen LogP contribution in [-0.2, 0) is 4.74 Å². The molecule has 3 unspecified atom stereocenters. The number of rotatable bonds is 3. The highest BCUT2D eigenvalue weighted by atomic mass is 35.5. The topological polar surface area (TPSA) is 18.5 Å². The van der Waals surface area contributed by atoms with Gasteiger partial charge in [-0.3, -0.25) is 0 Å². The summed E-state index contributed by atoms with van der Waals surface area (Å²) in [6.45, 7) is 3.77. The van der Waals surface area contributed by atoms with Crippen molar-refractivity contribution >= 4 is 11.6 Å². The van der Waals surface area contributed by atoms with Gasteiger partial charge in [0.05, 0.1) is 12.7 Å². The number of hydrogen-bond acceptors (Lipinski definition) is 2. The summed E-state index contributed by atoms with van der Waals surface area (Å²) in [7, 11) is 0. The van der Waals surface area contributed by atoms with E-state index in [1.807, 2.05) is 6.07 Å². The maximum atomic E-state index is 6.24. The number of ether oxygens (including phenoxy) is 2. The molecule has 2 nitrogen and oxygen atoms in total. The molecule has 1 fully saturated rings. The van der Waals surface area contributed by atoms with E-state index in [1.54, 1.807) is 0 Å². The molecule has 0 saturated carbocycles. The van der Waals surface area contributed by atoms with Crippen molar-refractivity contribution < 1.29 is 9.47 Å². The van der Waals surface area contributed by atoms with Crippen molar-refractivity contribution in [3.63, 3.8) is 0 Å². The second-order valence-electron chi connectivity index (χ2n) is 5.51. The van der Waals surface area contributed by atoms with Gasteiger partial charge in [0.15, 0.2) is 0 Å². The zero-order valence-electron chi connectivity index (χ0n) is 10.7. The summed E-state index contributed by atoms with van der Waals surface area (Å²) in [5, 5.41) is 0. The maximum Gasteiger partial charge on any atom is 0.122 e. The van der Waals surface area contributed by atoms with Gasteiger partial charge in [0, 0.05) is 29.4 Å². The van der Waals surface area contributed by atoms with Gasteiger partial charge in [-0.2, -0.15) is 0 Å². The second kappa shape index (κ2) is 4.75. The quantitative estimate of drug-likeness (QED) is 0.779. The van der Waals surface area contributed by atoms with Crippen LogP contribution in [0.25, 0.3) is 0 Å². The summed E-state index contributed by atoms with van der Waals surface area (Å²) in [6.07, 6.45) is 2.38. The molecule has 0 N–H and O–H groups in total. The van der Waals surface area contributed by atoms with Gasteiger partial charge in [-0.25, -0.2) is 0 Å². The molecule has 2 heterocycles. The van der Waals surface area contributed by atoms with Crippen molar-refractivity contribution in [2.24, 2.45) is 5.41 Å². The second-order valence-corrected chi connectivity index (χ2v) is 5.78. The van der Waals surface area contributed by atoms with Gasteiger partial charge in [-0.1, -0.05) is 18.2 Å². The Hall–Kier alpha value is -0.730. The van der Waals surface area contributed by atoms with E-state index in [4.69, 9.17) is 21.1 Å². The molecule has 18 heavy (non-hydrogen) atoms. The number of alkyl halides is 1. The summed E-state index contributed by atoms with van der Waals surface area (Å²) < 4.78 is 11.5. The minimum atomic E-state index is 0.118. The summed E-state index contributed by atoms with van der Waals surface area (Å²) in [5.41, 5.74) is 1.45. The fourth-order valence-electron chi connectivity index (χ4n) is 3.21. The van der Waals surface area contributed by atoms with Crippen LogP contribution in [0.15, 0.2) is 24.3 Å². The Labute approximate surface area is 113 Å². The number of halogens is 1. The Morgan fingerprint density at radius 2 is 2.22 bits per heavy atom. The number of hydrogen-bond donors (Lipinski definition) is 0. The Bertz CT molecular complexity index is 434. The van der Waals surface area contributed by atoms with Crippen molar-refractivity contribution in [2.45, 2.75) is 31.8 Å². The normalized spacial score (nSPS) is 34.3. The van der Waals surface area contributed by atoms with Crippen LogP contribution < -0.4 is 4.74 Å². The number of fused-ring (bicyclic) bond motifs is 1. The maximum absolute atomic E-state index is 6.24. The number of benzene rings is 1. The van der Waals surface area contributed by atoms with Crippen molar-refractivity contribution in [1.82, 2.24) is 0 Å². The van der Waals surface area contributed by atoms with Gasteiger partial charge < -0.3 is 9.47 Å². The highest BCUT2D eigenvalue weighted by molar-refractivity contribution is 6.18. The smallest absolute Gasteiger partial charge is 0.122 e. The van der Waals surface area contributed by atoms with Gasteiger partial charge in [-0.05, 0) is 25.8 Å². The Morgan fingerprint density at radius 1 is 1.39 bits per heavy atom. The summed E-state index contributed by atoms with van der Waals surface area (Å²) >= 11 is 6.24. The molecule has 1 saturated heterocycles. The molecule has 0 amide bonds. The van der Waals surface area contributed by atoms with Gasteiger partial charge in [0.1, 0.15) is 5.75 Å². The van der Waals surface area contributed by atoms with Crippen LogP contribution in [0.3, 0.4) is 0 Å². The fourth-order valence-corrected chi connectivity index (χ4v) is 3.67. The predicted molar refractivity (Wildman–Crippen MR) is 72.5 cm³/mol. The molecule has 3 atom stereocenters. The van der Waals surface area contributed by atoms with Gasteiger partial charge in [-0.15, -0.1) is 11.6 Å². The van der Waals surface area contributed by atoms with Gasteiger partial charge in [0.2, 0.25) is 0 Å². The minimum Gasteiger partial charge on any atom is -0.493 e. The lowest BCUT2D eigenvalue weighted by Gasteiger charge is -2.32. The first-order valence-corrected chi connectivity index (χ1v) is 7.18. The van der Waals surface area contributed by atoms with E-state index in [0.717, 1.165) is 31.8 Å². The summed E-state index contributed by atoms with van der Waals surface area (Å²) in [4.78, 5) is 0. The fraction of sp³-hybridized carbons (Fsp3) is 0.600. The molecule has 0 aliphatic carbocycles. The molecule has 2 aliphatic rings. The molecule has 2 aliphatic heterocycles. The highest BCUT2D eigenvalue weighted by Crippen LogP contribution is 2.47. The molecule has 3 rings (SSSR count). The zero-order chi connectivity index (χ0) is 12.6. The lowest BCUT2D eigenvalue weighted by atomic mass is 9.75. The average Bonchev–Trinajstić information content (AvgIpc) is 2.96. The first kappa shape index (κ1) is 12.3. The van der Waals surface area contributed by atoms with E-state index in [2.05, 4.69) is 25.1 Å². The standard InChI is InChI=1S/C15H19ClO2/c1-11-15(10-16,6-7-17-11)8-12-9-18-14-5-3-2-4-13(12)14/h2-5,11-12H,6-10H2,1H3. The monoisotopic (exact) mass is 266 g/mol. The Balaban J connectivity index is 1.81. The van der Waals surface area contributed by atoms with Crippen molar-refractivity contribution in [3.05, 3.63) is 29.8 Å². The SMILES string of the molecule is CC1OCCC1(CCl)CC1COc2ccccc21. The van der Waals surface area contributed by atoms with E-state index >= 15 is 0 Å². The molecular weight excluding hydrogens is 248 g/mol. The van der Waals surface area contributed by atoms with Crippen LogP contribution >= 0.6 is 11.6 Å². The zero-order valence-corrected chi connectivity index (χ0v) is 11.5. The molecule has 0 aromatic heterocycles. The first-order valence-electron chi connectivity index (χ1n) is 6.64. The average molecular weight is 267 g/mol. The van der Waals surface area contributed by atoms with Crippen molar-refractivity contribution in [2.75, 3.05) is 19.1 Å². The predicted octanol–water partition coefficient (Wildman–Crippen LogP) is 3.59. The molecule has 0 radical (unpaired) electrons. The van der Waals surface area contributed by atoms with Crippen LogP contribution in [0.1, 0.15) is 31.2 Å². The van der Waals surface area contributed by atoms with Crippen molar-refractivity contribution in [3.8, 4) is 5.75 Å². The Morgan fingerprint density at radius 3 is 2.94 bits per heavy atom. The molecule has 1 aromatic carbocycles. The van der Waals surface area contributed by atoms with E-state index in [9.17, 15) is 0 Å². The molecule has 98 valence electrons. The third kappa shape index (κ3) is 1.92. The molecule has 0 spiro atoms. The summed E-state index contributed by atoms with van der Waals surface area (Å²) in [6, 6.07) is 8.34. The van der Waals surface area contributed by atoms with E-state index in [1.165, 1.54) is 5.56 Å². The van der Waals surface area contributed by atoms with Crippen LogP contribution in [0, 0.1) is 5.41 Å². The van der Waals surface area contributed by atoms with Crippen LogP contribution in [0.4, 0.5) is 0 Å². The Kier molecular flexibility index (Phi) is 3.25. The van der Waals surface area contributed by atoms with Crippen LogP contribution in [0.2, 0.25) is 0 Å². The lowest BCUT2D eigenvalue weighted by molar-refractivity contribution is 0.0647. The third-order valence-electron chi connectivity index (χ3n) is 4.55. The molecule has 3 heteroatoms. The molecular formula is C15H19ClO2. The van der Waals surface area contributed by atoms with E-state index < -0.39 is 0 Å². The van der Waals surface area contributed by atoms with E-state index in [-0.39, 0.29) is 11.5 Å². The summed E-state index contributed by atoms with van der Waals surface area (Å²) in [5.74, 6) is 2.18. The first-order chi connectivity index (χ1) is 8.75. The number of para-hydroxylation sites is 1. The lowest BCUT2D eigenvalue weighted by Crippen LogP contribution is -2.33. The van der Waals surface area contributed by atoms with Gasteiger partial charge >= 0.3 is 0 Å². The van der Waals surface area contributed by atoms with Gasteiger partial charge in [0.25, 0.3) is 0 Å².